The summed E-state index contributed by atoms with van der Waals surface area (Å²) in [5.74, 6) is -4.42. The molecule has 0 aliphatic heterocycles. The maximum Gasteiger partial charge on any atom is 0.424 e. The molecule has 0 spiro atoms. The van der Waals surface area contributed by atoms with Crippen LogP contribution in [0.4, 0.5) is 0 Å². The van der Waals surface area contributed by atoms with Gasteiger partial charge in [-0.3, -0.25) is 0 Å². The lowest BCUT2D eigenvalue weighted by atomic mass is 10.1. The summed E-state index contributed by atoms with van der Waals surface area (Å²) in [7, 11) is 0. The third kappa shape index (κ3) is 7.42. The number of carboxylic acids is 1. The van der Waals surface area contributed by atoms with Gasteiger partial charge in [0, 0.05) is 0 Å². The van der Waals surface area contributed by atoms with Crippen LogP contribution in [0, 0.1) is 0 Å². The van der Waals surface area contributed by atoms with Crippen molar-refractivity contribution >= 4 is 17.9 Å². The fourth-order valence-electron chi connectivity index (χ4n) is 1.19. The number of rotatable bonds is 7. The molecule has 0 aromatic heterocycles. The van der Waals surface area contributed by atoms with Crippen molar-refractivity contribution in [3.8, 4) is 0 Å². The van der Waals surface area contributed by atoms with Gasteiger partial charge in [-0.1, -0.05) is 19.3 Å². The maximum absolute atomic E-state index is 11.1. The highest BCUT2D eigenvalue weighted by molar-refractivity contribution is 6.30. The van der Waals surface area contributed by atoms with Gasteiger partial charge in [0.2, 0.25) is 0 Å². The van der Waals surface area contributed by atoms with Crippen molar-refractivity contribution in [1.29, 1.82) is 0 Å². The highest BCUT2D eigenvalue weighted by atomic mass is 16.6. The number of aliphatic carboxylic acids is 1. The first kappa shape index (κ1) is 15.5. The van der Waals surface area contributed by atoms with Crippen molar-refractivity contribution in [2.24, 2.45) is 11.5 Å². The van der Waals surface area contributed by atoms with Crippen LogP contribution < -0.4 is 11.5 Å². The van der Waals surface area contributed by atoms with E-state index in [0.717, 1.165) is 19.3 Å². The molecule has 1 unspecified atom stereocenters. The van der Waals surface area contributed by atoms with Crippen molar-refractivity contribution in [3.63, 3.8) is 0 Å². The number of hydrogen-bond acceptors (Lipinski definition) is 6. The molecule has 0 bridgehead atoms. The fourth-order valence-corrected chi connectivity index (χ4v) is 1.19. The second-order valence-electron chi connectivity index (χ2n) is 3.61. The molecular formula is C10H18N2O5. The first-order valence-corrected chi connectivity index (χ1v) is 5.43. The molecule has 0 radical (unpaired) electrons. The van der Waals surface area contributed by atoms with Gasteiger partial charge in [-0.25, -0.2) is 14.4 Å². The van der Waals surface area contributed by atoms with Crippen LogP contribution in [-0.4, -0.2) is 35.6 Å². The van der Waals surface area contributed by atoms with Gasteiger partial charge in [-0.05, 0) is 19.4 Å². The van der Waals surface area contributed by atoms with Gasteiger partial charge in [0.25, 0.3) is 0 Å². The average Bonchev–Trinajstić information content (AvgIpc) is 2.28. The minimum absolute atomic E-state index is 0.357. The van der Waals surface area contributed by atoms with Crippen molar-refractivity contribution in [3.05, 3.63) is 0 Å². The number of carbonyl (C=O) groups is 3. The molecule has 0 amide bonds. The van der Waals surface area contributed by atoms with E-state index in [1.54, 1.807) is 0 Å². The Kier molecular flexibility index (Phi) is 7.91. The fraction of sp³-hybridized carbons (Fsp3) is 0.700. The predicted molar refractivity (Wildman–Crippen MR) is 58.8 cm³/mol. The smallest absolute Gasteiger partial charge is 0.424 e. The predicted octanol–water partition coefficient (Wildman–Crippen LogP) is -0.623. The van der Waals surface area contributed by atoms with Crippen LogP contribution in [0.2, 0.25) is 0 Å². The quantitative estimate of drug-likeness (QED) is 0.236. The maximum atomic E-state index is 11.1. The Bertz CT molecular complexity index is 280. The first-order chi connectivity index (χ1) is 7.99. The van der Waals surface area contributed by atoms with Crippen LogP contribution in [0.25, 0.3) is 0 Å². The van der Waals surface area contributed by atoms with E-state index in [0.29, 0.717) is 19.4 Å². The summed E-state index contributed by atoms with van der Waals surface area (Å²) in [5.41, 5.74) is 10.7. The Morgan fingerprint density at radius 2 is 1.71 bits per heavy atom. The summed E-state index contributed by atoms with van der Waals surface area (Å²) in [6, 6.07) is -0.962. The van der Waals surface area contributed by atoms with E-state index in [1.165, 1.54) is 0 Å². The van der Waals surface area contributed by atoms with E-state index in [9.17, 15) is 14.4 Å². The molecule has 7 nitrogen and oxygen atoms in total. The van der Waals surface area contributed by atoms with Crippen molar-refractivity contribution < 1.29 is 24.2 Å². The standard InChI is InChI=1S/C10H18N2O5/c11-6-4-2-1-3-5-7(12)9(15)17-10(16)8(13)14/h7H,1-6,11-12H2,(H,13,14). The molecule has 7 heteroatoms. The molecular weight excluding hydrogens is 228 g/mol. The molecule has 0 fully saturated rings. The molecule has 0 saturated heterocycles. The summed E-state index contributed by atoms with van der Waals surface area (Å²) < 4.78 is 4.03. The van der Waals surface area contributed by atoms with Gasteiger partial charge in [0.1, 0.15) is 6.04 Å². The molecule has 0 aromatic carbocycles. The van der Waals surface area contributed by atoms with Gasteiger partial charge in [-0.15, -0.1) is 0 Å². The summed E-state index contributed by atoms with van der Waals surface area (Å²) in [4.78, 5) is 31.8. The molecule has 0 aliphatic rings. The minimum Gasteiger partial charge on any atom is -0.473 e. The van der Waals surface area contributed by atoms with E-state index in [2.05, 4.69) is 4.74 Å². The van der Waals surface area contributed by atoms with Crippen molar-refractivity contribution in [2.75, 3.05) is 6.54 Å². The Morgan fingerprint density at radius 3 is 2.24 bits per heavy atom. The van der Waals surface area contributed by atoms with E-state index in [1.807, 2.05) is 0 Å². The molecule has 5 N–H and O–H groups in total. The topological polar surface area (TPSA) is 133 Å². The summed E-state index contributed by atoms with van der Waals surface area (Å²) in [5, 5.41) is 8.21. The lowest BCUT2D eigenvalue weighted by Crippen LogP contribution is -2.35. The molecule has 1 atom stereocenters. The van der Waals surface area contributed by atoms with E-state index in [4.69, 9.17) is 16.6 Å². The lowest BCUT2D eigenvalue weighted by Gasteiger charge is -2.08. The highest BCUT2D eigenvalue weighted by Gasteiger charge is 2.22. The minimum atomic E-state index is -1.81. The second-order valence-corrected chi connectivity index (χ2v) is 3.61. The average molecular weight is 246 g/mol. The van der Waals surface area contributed by atoms with Crippen LogP contribution in [-0.2, 0) is 19.1 Å². The lowest BCUT2D eigenvalue weighted by molar-refractivity contribution is -0.171. The van der Waals surface area contributed by atoms with E-state index >= 15 is 0 Å². The normalized spacial score (nSPS) is 11.9. The summed E-state index contributed by atoms with van der Waals surface area (Å²) >= 11 is 0. The number of carbonyl (C=O) groups excluding carboxylic acids is 2. The number of carboxylic acid groups (broad SMARTS) is 1. The highest BCUT2D eigenvalue weighted by Crippen LogP contribution is 2.05. The number of hydrogen-bond donors (Lipinski definition) is 3. The summed E-state index contributed by atoms with van der Waals surface area (Å²) in [6.45, 7) is 0.626. The second kappa shape index (κ2) is 8.66. The Balaban J connectivity index is 3.75. The molecule has 0 saturated carbocycles. The Morgan fingerprint density at radius 1 is 1.12 bits per heavy atom. The largest absolute Gasteiger partial charge is 0.473 e. The molecule has 0 aromatic rings. The van der Waals surface area contributed by atoms with Crippen LogP contribution in [0.3, 0.4) is 0 Å². The molecule has 17 heavy (non-hydrogen) atoms. The molecule has 0 rings (SSSR count). The van der Waals surface area contributed by atoms with Crippen LogP contribution in [0.5, 0.6) is 0 Å². The first-order valence-electron chi connectivity index (χ1n) is 5.43. The monoisotopic (exact) mass is 246 g/mol. The summed E-state index contributed by atoms with van der Waals surface area (Å²) in [6.07, 6.45) is 3.81. The zero-order valence-corrected chi connectivity index (χ0v) is 9.55. The van der Waals surface area contributed by atoms with Gasteiger partial charge < -0.3 is 21.3 Å². The van der Waals surface area contributed by atoms with Crippen LogP contribution >= 0.6 is 0 Å². The van der Waals surface area contributed by atoms with Crippen LogP contribution in [0.1, 0.15) is 32.1 Å². The number of esters is 2. The zero-order chi connectivity index (χ0) is 13.3. The zero-order valence-electron chi connectivity index (χ0n) is 9.55. The Labute approximate surface area is 99.1 Å². The van der Waals surface area contributed by atoms with Crippen molar-refractivity contribution in [2.45, 2.75) is 38.1 Å². The SMILES string of the molecule is NCCCCCCC(N)C(=O)OC(=O)C(=O)O. The molecule has 0 heterocycles. The van der Waals surface area contributed by atoms with Gasteiger partial charge >= 0.3 is 17.9 Å². The third-order valence-electron chi connectivity index (χ3n) is 2.14. The van der Waals surface area contributed by atoms with Crippen LogP contribution in [0.15, 0.2) is 0 Å². The Hall–Kier alpha value is -1.47. The van der Waals surface area contributed by atoms with Gasteiger partial charge in [0.05, 0.1) is 0 Å². The number of unbranched alkanes of at least 4 members (excludes halogenated alkanes) is 3. The van der Waals surface area contributed by atoms with E-state index in [-0.39, 0.29) is 0 Å². The van der Waals surface area contributed by atoms with E-state index < -0.39 is 23.9 Å². The van der Waals surface area contributed by atoms with Gasteiger partial charge in [-0.2, -0.15) is 0 Å². The molecule has 0 aliphatic carbocycles. The number of nitrogens with two attached hydrogens (primary N) is 2. The third-order valence-corrected chi connectivity index (χ3v) is 2.14. The molecule has 98 valence electrons. The van der Waals surface area contributed by atoms with Crippen molar-refractivity contribution in [1.82, 2.24) is 0 Å². The van der Waals surface area contributed by atoms with Gasteiger partial charge in [0.15, 0.2) is 0 Å². The number of ether oxygens (including phenoxy) is 1.